The average molecular weight is 443 g/mol. The van der Waals surface area contributed by atoms with Crippen LogP contribution < -0.4 is 16.6 Å². The maximum atomic E-state index is 13.5. The lowest BCUT2D eigenvalue weighted by Gasteiger charge is -2.12. The number of hydrogen-bond acceptors (Lipinski definition) is 4. The summed E-state index contributed by atoms with van der Waals surface area (Å²) < 4.78 is 21.2. The van der Waals surface area contributed by atoms with Crippen molar-refractivity contribution in [2.24, 2.45) is 0 Å². The van der Waals surface area contributed by atoms with E-state index in [9.17, 15) is 18.8 Å². The standard InChI is InChI=1S/C25H18FN3O4/c26-17-12-10-16(11-13-17)14-27-21(30)15-28-22-19-8-4-5-9-20(19)33-23(22)24(31)29(25(28)32)18-6-2-1-3-7-18/h1-13H,14-15H2,(H,27,30). The van der Waals surface area contributed by atoms with Crippen molar-refractivity contribution < 1.29 is 13.6 Å². The smallest absolute Gasteiger partial charge is 0.336 e. The number of hydrogen-bond donors (Lipinski definition) is 1. The molecule has 0 fully saturated rings. The van der Waals surface area contributed by atoms with Gasteiger partial charge in [0.2, 0.25) is 11.5 Å². The molecular formula is C25H18FN3O4. The molecule has 33 heavy (non-hydrogen) atoms. The molecule has 0 unspecified atom stereocenters. The second kappa shape index (κ2) is 8.23. The summed E-state index contributed by atoms with van der Waals surface area (Å²) in [6.45, 7) is -0.158. The summed E-state index contributed by atoms with van der Waals surface area (Å²) in [6, 6.07) is 21.2. The molecule has 0 saturated carbocycles. The largest absolute Gasteiger partial charge is 0.449 e. The van der Waals surface area contributed by atoms with E-state index in [2.05, 4.69) is 5.32 Å². The minimum Gasteiger partial charge on any atom is -0.449 e. The molecule has 8 heteroatoms. The summed E-state index contributed by atoms with van der Waals surface area (Å²) in [5, 5.41) is 3.30. The zero-order valence-electron chi connectivity index (χ0n) is 17.3. The van der Waals surface area contributed by atoms with Crippen LogP contribution in [0.4, 0.5) is 4.39 Å². The van der Waals surface area contributed by atoms with E-state index in [1.807, 2.05) is 0 Å². The van der Waals surface area contributed by atoms with Crippen LogP contribution in [0.5, 0.6) is 0 Å². The van der Waals surface area contributed by atoms with Crippen molar-refractivity contribution in [3.8, 4) is 5.69 Å². The Morgan fingerprint density at radius 2 is 1.61 bits per heavy atom. The molecule has 5 aromatic rings. The van der Waals surface area contributed by atoms with E-state index >= 15 is 0 Å². The van der Waals surface area contributed by atoms with Crippen LogP contribution in [0.1, 0.15) is 5.56 Å². The van der Waals surface area contributed by atoms with Gasteiger partial charge >= 0.3 is 11.2 Å². The van der Waals surface area contributed by atoms with Crippen LogP contribution in [-0.2, 0) is 17.9 Å². The third-order valence-corrected chi connectivity index (χ3v) is 5.38. The van der Waals surface area contributed by atoms with Gasteiger partial charge in [-0.05, 0) is 42.0 Å². The number of carbonyl (C=O) groups excluding carboxylic acids is 1. The summed E-state index contributed by atoms with van der Waals surface area (Å²) >= 11 is 0. The van der Waals surface area contributed by atoms with Gasteiger partial charge < -0.3 is 9.73 Å². The van der Waals surface area contributed by atoms with Gasteiger partial charge in [0.25, 0.3) is 0 Å². The van der Waals surface area contributed by atoms with E-state index in [0.29, 0.717) is 22.2 Å². The van der Waals surface area contributed by atoms with Crippen molar-refractivity contribution >= 4 is 28.0 Å². The summed E-state index contributed by atoms with van der Waals surface area (Å²) in [5.41, 5.74) is 0.536. The molecule has 0 aliphatic carbocycles. The SMILES string of the molecule is O=C(Cn1c(=O)n(-c2ccccc2)c(=O)c2oc3ccccc3c21)NCc1ccc(F)cc1. The number of para-hydroxylation sites is 2. The number of amides is 1. The fraction of sp³-hybridized carbons (Fsp3) is 0.0800. The number of nitrogens with one attached hydrogen (secondary N) is 1. The lowest BCUT2D eigenvalue weighted by molar-refractivity contribution is -0.121. The highest BCUT2D eigenvalue weighted by Crippen LogP contribution is 2.25. The van der Waals surface area contributed by atoms with Crippen LogP contribution in [0.2, 0.25) is 0 Å². The van der Waals surface area contributed by atoms with Gasteiger partial charge in [-0.1, -0.05) is 42.5 Å². The predicted octanol–water partition coefficient (Wildman–Crippen LogP) is 3.35. The molecule has 7 nitrogen and oxygen atoms in total. The van der Waals surface area contributed by atoms with Gasteiger partial charge in [0.15, 0.2) is 0 Å². The third kappa shape index (κ3) is 3.71. The van der Waals surface area contributed by atoms with E-state index in [1.165, 1.54) is 16.7 Å². The lowest BCUT2D eigenvalue weighted by Crippen LogP contribution is -2.41. The van der Waals surface area contributed by atoms with Crippen LogP contribution in [0, 0.1) is 5.82 Å². The maximum Gasteiger partial charge on any atom is 0.336 e. The number of halogens is 1. The van der Waals surface area contributed by atoms with Gasteiger partial charge in [0.1, 0.15) is 23.5 Å². The zero-order chi connectivity index (χ0) is 22.9. The van der Waals surface area contributed by atoms with Crippen molar-refractivity contribution in [1.29, 1.82) is 0 Å². The van der Waals surface area contributed by atoms with Crippen LogP contribution in [0.25, 0.3) is 27.8 Å². The van der Waals surface area contributed by atoms with Gasteiger partial charge in [-0.3, -0.25) is 14.2 Å². The molecule has 0 spiro atoms. The number of nitrogens with zero attached hydrogens (tertiary/aromatic N) is 2. The number of aromatic nitrogens is 2. The summed E-state index contributed by atoms with van der Waals surface area (Å²) in [6.07, 6.45) is 0. The Labute approximate surface area is 186 Å². The second-order valence-corrected chi connectivity index (χ2v) is 7.52. The molecule has 1 amide bonds. The van der Waals surface area contributed by atoms with Gasteiger partial charge in [-0.25, -0.2) is 13.8 Å². The van der Waals surface area contributed by atoms with Gasteiger partial charge in [0, 0.05) is 11.9 Å². The van der Waals surface area contributed by atoms with Crippen molar-refractivity contribution in [3.05, 3.63) is 111 Å². The Morgan fingerprint density at radius 1 is 0.909 bits per heavy atom. The fourth-order valence-electron chi connectivity index (χ4n) is 3.80. The van der Waals surface area contributed by atoms with Crippen LogP contribution in [-0.4, -0.2) is 15.0 Å². The van der Waals surface area contributed by atoms with E-state index in [1.54, 1.807) is 66.7 Å². The molecule has 0 aliphatic rings. The topological polar surface area (TPSA) is 86.2 Å². The number of rotatable bonds is 5. The van der Waals surface area contributed by atoms with Gasteiger partial charge in [-0.2, -0.15) is 0 Å². The molecule has 5 rings (SSSR count). The van der Waals surface area contributed by atoms with Crippen molar-refractivity contribution in [2.45, 2.75) is 13.1 Å². The van der Waals surface area contributed by atoms with Crippen LogP contribution in [0.15, 0.2) is 92.9 Å². The molecule has 0 saturated heterocycles. The summed E-state index contributed by atoms with van der Waals surface area (Å²) in [7, 11) is 0. The lowest BCUT2D eigenvalue weighted by atomic mass is 10.2. The number of carbonyl (C=O) groups is 1. The number of furan rings is 1. The Balaban J connectivity index is 1.62. The first kappa shape index (κ1) is 20.4. The van der Waals surface area contributed by atoms with Crippen LogP contribution in [0.3, 0.4) is 0 Å². The minimum absolute atomic E-state index is 0.00834. The highest BCUT2D eigenvalue weighted by Gasteiger charge is 2.21. The van der Waals surface area contributed by atoms with Crippen molar-refractivity contribution in [2.75, 3.05) is 0 Å². The molecule has 1 N–H and O–H groups in total. The van der Waals surface area contributed by atoms with E-state index in [4.69, 9.17) is 4.42 Å². The molecule has 164 valence electrons. The van der Waals surface area contributed by atoms with Crippen molar-refractivity contribution in [3.63, 3.8) is 0 Å². The Morgan fingerprint density at radius 3 is 2.36 bits per heavy atom. The van der Waals surface area contributed by atoms with Gasteiger partial charge in [0.05, 0.1) is 5.69 Å². The zero-order valence-corrected chi connectivity index (χ0v) is 17.3. The molecule has 0 aliphatic heterocycles. The second-order valence-electron chi connectivity index (χ2n) is 7.52. The monoisotopic (exact) mass is 443 g/mol. The van der Waals surface area contributed by atoms with Crippen LogP contribution >= 0.6 is 0 Å². The molecule has 0 bridgehead atoms. The molecule has 2 heterocycles. The number of fused-ring (bicyclic) bond motifs is 3. The van der Waals surface area contributed by atoms with E-state index in [-0.39, 0.29) is 30.0 Å². The van der Waals surface area contributed by atoms with E-state index < -0.39 is 17.2 Å². The molecule has 3 aromatic carbocycles. The normalized spacial score (nSPS) is 11.2. The summed E-state index contributed by atoms with van der Waals surface area (Å²) in [5.74, 6) is -0.805. The van der Waals surface area contributed by atoms with Crippen molar-refractivity contribution in [1.82, 2.24) is 14.5 Å². The van der Waals surface area contributed by atoms with Gasteiger partial charge in [-0.15, -0.1) is 0 Å². The predicted molar refractivity (Wildman–Crippen MR) is 122 cm³/mol. The highest BCUT2D eigenvalue weighted by molar-refractivity contribution is 6.02. The quantitative estimate of drug-likeness (QED) is 0.451. The number of benzene rings is 3. The Bertz CT molecular complexity index is 1600. The molecule has 2 aromatic heterocycles. The fourth-order valence-corrected chi connectivity index (χ4v) is 3.80. The Hall–Kier alpha value is -4.46. The summed E-state index contributed by atoms with van der Waals surface area (Å²) in [4.78, 5) is 39.5. The first-order valence-corrected chi connectivity index (χ1v) is 10.3. The maximum absolute atomic E-state index is 13.5. The highest BCUT2D eigenvalue weighted by atomic mass is 19.1. The third-order valence-electron chi connectivity index (χ3n) is 5.38. The Kier molecular flexibility index (Phi) is 5.10. The molecule has 0 radical (unpaired) electrons. The minimum atomic E-state index is -0.651. The molecule has 0 atom stereocenters. The average Bonchev–Trinajstić information content (AvgIpc) is 3.22. The first-order chi connectivity index (χ1) is 16.0. The molecular weight excluding hydrogens is 425 g/mol. The van der Waals surface area contributed by atoms with E-state index in [0.717, 1.165) is 4.57 Å². The first-order valence-electron chi connectivity index (χ1n) is 10.3.